The van der Waals surface area contributed by atoms with Gasteiger partial charge in [0, 0.05) is 111 Å². The van der Waals surface area contributed by atoms with Crippen LogP contribution in [0.3, 0.4) is 0 Å². The number of halogens is 2. The molecule has 16 heteroatoms. The number of pyridine rings is 2. The Morgan fingerprint density at radius 1 is 0.643 bits per heavy atom. The lowest BCUT2D eigenvalue weighted by atomic mass is 10.0. The molecular formula is C54H54F2N12O2. The molecule has 2 amide bonds. The average molecular weight is 941 g/mol. The van der Waals surface area contributed by atoms with E-state index < -0.39 is 11.6 Å². The molecule has 2 unspecified atom stereocenters. The Kier molecular flexibility index (Phi) is 13.9. The number of carbonyl (C=O) groups is 2. The van der Waals surface area contributed by atoms with E-state index in [9.17, 15) is 9.59 Å². The molecule has 0 bridgehead atoms. The summed E-state index contributed by atoms with van der Waals surface area (Å²) in [5.41, 5.74) is 19.0. The van der Waals surface area contributed by atoms with Crippen LogP contribution in [-0.2, 0) is 12.8 Å². The first-order valence-electron chi connectivity index (χ1n) is 23.8. The summed E-state index contributed by atoms with van der Waals surface area (Å²) < 4.78 is 31.6. The van der Waals surface area contributed by atoms with Gasteiger partial charge in [-0.25, -0.2) is 38.7 Å². The van der Waals surface area contributed by atoms with E-state index in [0.29, 0.717) is 120 Å². The summed E-state index contributed by atoms with van der Waals surface area (Å²) in [6.07, 6.45) is 8.14. The van der Waals surface area contributed by atoms with E-state index >= 15 is 8.78 Å². The van der Waals surface area contributed by atoms with E-state index in [1.54, 1.807) is 46.5 Å². The van der Waals surface area contributed by atoms with Gasteiger partial charge < -0.3 is 21.3 Å². The molecule has 0 spiro atoms. The highest BCUT2D eigenvalue weighted by Crippen LogP contribution is 2.47. The number of piperazine rings is 2. The zero-order valence-corrected chi connectivity index (χ0v) is 39.7. The monoisotopic (exact) mass is 940 g/mol. The summed E-state index contributed by atoms with van der Waals surface area (Å²) in [6, 6.07) is 15.2. The van der Waals surface area contributed by atoms with Gasteiger partial charge in [-0.15, -0.1) is 0 Å². The van der Waals surface area contributed by atoms with Crippen LogP contribution < -0.4 is 11.5 Å². The molecule has 14 nitrogen and oxygen atoms in total. The first-order valence-corrected chi connectivity index (χ1v) is 23.8. The molecule has 1 saturated carbocycles. The minimum absolute atomic E-state index is 0.00719. The van der Waals surface area contributed by atoms with Gasteiger partial charge in [-0.2, -0.15) is 0 Å². The predicted molar refractivity (Wildman–Crippen MR) is 264 cm³/mol. The highest BCUT2D eigenvalue weighted by molar-refractivity contribution is 5.96. The van der Waals surface area contributed by atoms with Gasteiger partial charge in [0.1, 0.15) is 35.9 Å². The van der Waals surface area contributed by atoms with Crippen molar-refractivity contribution in [2.45, 2.75) is 65.0 Å². The zero-order valence-electron chi connectivity index (χ0n) is 39.7. The number of hydrogen-bond acceptors (Lipinski definition) is 12. The first kappa shape index (κ1) is 47.4. The number of carbonyl (C=O) groups excluding carboxylic acids is 2. The van der Waals surface area contributed by atoms with Crippen molar-refractivity contribution >= 4 is 23.5 Å². The van der Waals surface area contributed by atoms with E-state index in [4.69, 9.17) is 11.5 Å². The van der Waals surface area contributed by atoms with Crippen LogP contribution in [0, 0.1) is 35.3 Å². The summed E-state index contributed by atoms with van der Waals surface area (Å²) in [6.45, 7) is 12.9. The van der Waals surface area contributed by atoms with Crippen LogP contribution in [0.5, 0.6) is 0 Å². The third kappa shape index (κ3) is 10.1. The molecule has 2 saturated heterocycles. The van der Waals surface area contributed by atoms with Crippen molar-refractivity contribution in [3.8, 4) is 46.2 Å². The molecular weight excluding hydrogens is 887 g/mol. The van der Waals surface area contributed by atoms with Crippen LogP contribution in [0.15, 0.2) is 79.6 Å². The van der Waals surface area contributed by atoms with Gasteiger partial charge >= 0.3 is 0 Å². The fraction of sp³-hybridized carbons (Fsp3) is 0.333. The molecule has 6 aromatic rings. The summed E-state index contributed by atoms with van der Waals surface area (Å²) in [4.78, 5) is 61.7. The summed E-state index contributed by atoms with van der Waals surface area (Å²) in [5, 5.41) is 0. The number of rotatable bonds is 9. The highest BCUT2D eigenvalue weighted by Gasteiger charge is 2.45. The van der Waals surface area contributed by atoms with Gasteiger partial charge in [-0.05, 0) is 75.6 Å². The molecule has 6 heterocycles. The molecule has 1 aliphatic carbocycles. The largest absolute Gasteiger partial charge is 0.384 e. The number of nitrogens with two attached hydrogens (primary N) is 2. The Labute approximate surface area is 406 Å². The Bertz CT molecular complexity index is 3090. The Morgan fingerprint density at radius 3 is 1.67 bits per heavy atom. The van der Waals surface area contributed by atoms with Crippen LogP contribution in [0.2, 0.25) is 0 Å². The predicted octanol–water partition coefficient (Wildman–Crippen LogP) is 6.24. The van der Waals surface area contributed by atoms with Gasteiger partial charge in [0.25, 0.3) is 11.8 Å². The van der Waals surface area contributed by atoms with E-state index in [1.807, 2.05) is 19.9 Å². The molecule has 4 N–H and O–H groups in total. The van der Waals surface area contributed by atoms with Crippen molar-refractivity contribution in [3.63, 3.8) is 0 Å². The van der Waals surface area contributed by atoms with Crippen molar-refractivity contribution in [2.24, 2.45) is 0 Å². The minimum Gasteiger partial charge on any atom is -0.384 e. The normalized spacial score (nSPS) is 17.1. The number of anilines is 2. The fourth-order valence-electron chi connectivity index (χ4n) is 9.32. The lowest BCUT2D eigenvalue weighted by Crippen LogP contribution is -2.50. The maximum atomic E-state index is 15.9. The minimum atomic E-state index is -0.638. The fourth-order valence-corrected chi connectivity index (χ4v) is 9.32. The van der Waals surface area contributed by atoms with Crippen LogP contribution in [-0.4, -0.2) is 126 Å². The number of aryl methyl sites for hydroxylation is 2. The van der Waals surface area contributed by atoms with Gasteiger partial charge in [0.05, 0.1) is 45.0 Å². The van der Waals surface area contributed by atoms with E-state index in [0.717, 1.165) is 30.8 Å². The third-order valence-corrected chi connectivity index (χ3v) is 13.4. The lowest BCUT2D eigenvalue weighted by Gasteiger charge is -2.37. The van der Waals surface area contributed by atoms with Crippen LogP contribution in [0.1, 0.15) is 100.0 Å². The van der Waals surface area contributed by atoms with E-state index in [1.165, 1.54) is 36.9 Å². The maximum Gasteiger partial charge on any atom is 0.256 e. The Morgan fingerprint density at radius 2 is 1.17 bits per heavy atom. The summed E-state index contributed by atoms with van der Waals surface area (Å²) in [5.74, 6) is 11.8. The lowest BCUT2D eigenvalue weighted by molar-refractivity contribution is 0.0590. The second-order valence-electron chi connectivity index (χ2n) is 18.0. The molecule has 2 aliphatic heterocycles. The van der Waals surface area contributed by atoms with Gasteiger partial charge in [0.2, 0.25) is 0 Å². The average Bonchev–Trinajstić information content (AvgIpc) is 4.18. The Balaban J connectivity index is 0.849. The van der Waals surface area contributed by atoms with Crippen LogP contribution in [0.25, 0.3) is 22.5 Å². The SMILES string of the molecule is CCc1ncnc(-c2ccc(C(=O)N3CCN(C(C)C)CC3)c(F)c2)c1C#Cc1cnc(N)c(C2CC2N2CCN(C(=O)c3ccc(-c4ncnc(CC)c4C#Cc4ccc(N)nc4)cc3F)CC2)c1. The van der Waals surface area contributed by atoms with Crippen molar-refractivity contribution < 1.29 is 18.4 Å². The number of hydrogen-bond donors (Lipinski definition) is 2. The van der Waals surface area contributed by atoms with Crippen molar-refractivity contribution in [1.29, 1.82) is 0 Å². The maximum absolute atomic E-state index is 15.9. The molecule has 2 aromatic carbocycles. The molecule has 9 rings (SSSR count). The second kappa shape index (κ2) is 20.5. The molecule has 2 atom stereocenters. The van der Waals surface area contributed by atoms with Gasteiger partial charge in [-0.3, -0.25) is 19.4 Å². The molecule has 0 radical (unpaired) electrons. The number of aromatic nitrogens is 6. The number of benzene rings is 2. The van der Waals surface area contributed by atoms with Crippen LogP contribution >= 0.6 is 0 Å². The first-order chi connectivity index (χ1) is 33.9. The van der Waals surface area contributed by atoms with Crippen molar-refractivity contribution in [3.05, 3.63) is 142 Å². The molecule has 4 aromatic heterocycles. The molecule has 3 aliphatic rings. The van der Waals surface area contributed by atoms with Crippen molar-refractivity contribution in [2.75, 3.05) is 63.8 Å². The van der Waals surface area contributed by atoms with E-state index in [-0.39, 0.29) is 34.9 Å². The zero-order chi connectivity index (χ0) is 49.1. The molecule has 70 heavy (non-hydrogen) atoms. The Hall–Kier alpha value is -7.66. The van der Waals surface area contributed by atoms with Gasteiger partial charge in [0.15, 0.2) is 0 Å². The molecule has 356 valence electrons. The number of amides is 2. The van der Waals surface area contributed by atoms with Crippen LogP contribution in [0.4, 0.5) is 20.4 Å². The smallest absolute Gasteiger partial charge is 0.256 e. The van der Waals surface area contributed by atoms with Crippen molar-refractivity contribution in [1.82, 2.24) is 49.5 Å². The van der Waals surface area contributed by atoms with Gasteiger partial charge in [-0.1, -0.05) is 49.7 Å². The topological polar surface area (TPSA) is 176 Å². The standard InChI is InChI=1S/C54H54F2N12O2/c1-5-46-40(12-7-34-9-16-49(57)59-29-34)50(63-31-61-46)36-10-15-39(45(56)26-36)54(70)68-23-19-66(20-24-68)48-28-42(48)43-25-35(30-60-52(43)58)8-13-41-47(6-2)62-32-64-51(41)37-11-14-38(44(55)27-37)53(69)67-21-17-65(18-22-67)33(3)4/h9-11,14-16,25-27,29-33,42,48H,5-6,17-24,28H2,1-4H3,(H2,57,59)(H2,58,60). The third-order valence-electron chi connectivity index (χ3n) is 13.4. The number of nitrogen functional groups attached to an aromatic ring is 2. The van der Waals surface area contributed by atoms with E-state index in [2.05, 4.69) is 77.2 Å². The highest BCUT2D eigenvalue weighted by atomic mass is 19.1. The summed E-state index contributed by atoms with van der Waals surface area (Å²) in [7, 11) is 0. The molecule has 3 fully saturated rings. The number of nitrogens with zero attached hydrogens (tertiary/aromatic N) is 10. The quantitative estimate of drug-likeness (QED) is 0.157. The second-order valence-corrected chi connectivity index (χ2v) is 18.0. The summed E-state index contributed by atoms with van der Waals surface area (Å²) >= 11 is 0.